The standard InChI is InChI=1S/C15H23NO/c1-15(17,9-10-16-2)14-8-4-7-13(11-14)12-5-3-6-12/h4,7-8,11-12,16-17H,3,5-6,9-10H2,1-2H3. The summed E-state index contributed by atoms with van der Waals surface area (Å²) < 4.78 is 0. The van der Waals surface area contributed by atoms with Crippen molar-refractivity contribution in [1.29, 1.82) is 0 Å². The van der Waals surface area contributed by atoms with Crippen LogP contribution in [0.5, 0.6) is 0 Å². The first-order valence-corrected chi connectivity index (χ1v) is 6.61. The third-order valence-corrected chi connectivity index (χ3v) is 3.95. The average Bonchev–Trinajstić information content (AvgIpc) is 2.25. The van der Waals surface area contributed by atoms with Crippen LogP contribution in [-0.4, -0.2) is 18.7 Å². The van der Waals surface area contributed by atoms with Gasteiger partial charge < -0.3 is 10.4 Å². The molecule has 0 radical (unpaired) electrons. The largest absolute Gasteiger partial charge is 0.385 e. The van der Waals surface area contributed by atoms with E-state index in [2.05, 4.69) is 23.5 Å². The molecule has 1 fully saturated rings. The number of rotatable bonds is 5. The highest BCUT2D eigenvalue weighted by Crippen LogP contribution is 2.37. The van der Waals surface area contributed by atoms with Crippen LogP contribution in [0.3, 0.4) is 0 Å². The Morgan fingerprint density at radius 3 is 2.76 bits per heavy atom. The number of hydrogen-bond acceptors (Lipinski definition) is 2. The summed E-state index contributed by atoms with van der Waals surface area (Å²) in [5, 5.41) is 13.6. The van der Waals surface area contributed by atoms with E-state index < -0.39 is 5.60 Å². The topological polar surface area (TPSA) is 32.3 Å². The van der Waals surface area contributed by atoms with Crippen LogP contribution in [0.2, 0.25) is 0 Å². The van der Waals surface area contributed by atoms with Gasteiger partial charge in [0.05, 0.1) is 5.60 Å². The normalized spacial score (nSPS) is 19.7. The molecule has 94 valence electrons. The molecule has 1 unspecified atom stereocenters. The number of nitrogens with one attached hydrogen (secondary N) is 1. The van der Waals surface area contributed by atoms with Gasteiger partial charge in [-0.3, -0.25) is 0 Å². The van der Waals surface area contributed by atoms with Crippen LogP contribution in [0.1, 0.15) is 49.7 Å². The highest BCUT2D eigenvalue weighted by Gasteiger charge is 2.25. The lowest BCUT2D eigenvalue weighted by molar-refractivity contribution is 0.0484. The number of aliphatic hydroxyl groups is 1. The molecule has 0 aliphatic heterocycles. The fourth-order valence-electron chi connectivity index (χ4n) is 2.38. The van der Waals surface area contributed by atoms with Gasteiger partial charge in [-0.25, -0.2) is 0 Å². The molecular weight excluding hydrogens is 210 g/mol. The molecule has 0 aromatic heterocycles. The van der Waals surface area contributed by atoms with Gasteiger partial charge in [-0.05, 0) is 56.8 Å². The summed E-state index contributed by atoms with van der Waals surface area (Å²) in [6.45, 7) is 2.74. The quantitative estimate of drug-likeness (QED) is 0.819. The van der Waals surface area contributed by atoms with Gasteiger partial charge in [0.2, 0.25) is 0 Å². The first-order valence-electron chi connectivity index (χ1n) is 6.61. The maximum Gasteiger partial charge on any atom is 0.0880 e. The summed E-state index contributed by atoms with van der Waals surface area (Å²) in [6, 6.07) is 8.51. The minimum Gasteiger partial charge on any atom is -0.385 e. The minimum atomic E-state index is -0.719. The van der Waals surface area contributed by atoms with Crippen molar-refractivity contribution in [3.05, 3.63) is 35.4 Å². The first kappa shape index (κ1) is 12.6. The Bertz CT molecular complexity index is 369. The van der Waals surface area contributed by atoms with Gasteiger partial charge in [-0.1, -0.05) is 30.7 Å². The summed E-state index contributed by atoms with van der Waals surface area (Å²) in [5.41, 5.74) is 1.73. The van der Waals surface area contributed by atoms with E-state index in [1.54, 1.807) is 0 Å². The molecule has 2 nitrogen and oxygen atoms in total. The van der Waals surface area contributed by atoms with E-state index in [1.807, 2.05) is 20.0 Å². The van der Waals surface area contributed by atoms with E-state index in [4.69, 9.17) is 0 Å². The van der Waals surface area contributed by atoms with Crippen LogP contribution in [-0.2, 0) is 5.60 Å². The molecular formula is C15H23NO. The summed E-state index contributed by atoms with van der Waals surface area (Å²) in [4.78, 5) is 0. The Labute approximate surface area is 104 Å². The molecule has 1 saturated carbocycles. The lowest BCUT2D eigenvalue weighted by Crippen LogP contribution is -2.26. The lowest BCUT2D eigenvalue weighted by Gasteiger charge is -2.29. The smallest absolute Gasteiger partial charge is 0.0880 e. The third kappa shape index (κ3) is 2.88. The zero-order valence-corrected chi connectivity index (χ0v) is 10.9. The highest BCUT2D eigenvalue weighted by molar-refractivity contribution is 5.31. The Morgan fingerprint density at radius 1 is 1.41 bits per heavy atom. The van der Waals surface area contributed by atoms with Crippen molar-refractivity contribution < 1.29 is 5.11 Å². The monoisotopic (exact) mass is 233 g/mol. The molecule has 1 aliphatic rings. The Hall–Kier alpha value is -0.860. The summed E-state index contributed by atoms with van der Waals surface area (Å²) in [7, 11) is 1.92. The third-order valence-electron chi connectivity index (χ3n) is 3.95. The van der Waals surface area contributed by atoms with Crippen molar-refractivity contribution in [3.63, 3.8) is 0 Å². The van der Waals surface area contributed by atoms with Crippen molar-refractivity contribution in [2.45, 2.75) is 44.1 Å². The zero-order valence-electron chi connectivity index (χ0n) is 10.9. The molecule has 0 bridgehead atoms. The van der Waals surface area contributed by atoms with E-state index in [0.717, 1.165) is 24.4 Å². The zero-order chi connectivity index (χ0) is 12.3. The lowest BCUT2D eigenvalue weighted by atomic mass is 9.78. The molecule has 0 heterocycles. The predicted molar refractivity (Wildman–Crippen MR) is 71.1 cm³/mol. The second-order valence-corrected chi connectivity index (χ2v) is 5.38. The SMILES string of the molecule is CNCCC(C)(O)c1cccc(C2CCC2)c1. The summed E-state index contributed by atoms with van der Waals surface area (Å²) in [5.74, 6) is 0.732. The Morgan fingerprint density at radius 2 is 2.18 bits per heavy atom. The molecule has 2 N–H and O–H groups in total. The predicted octanol–water partition coefficient (Wildman–Crippen LogP) is 2.77. The van der Waals surface area contributed by atoms with Crippen molar-refractivity contribution in [2.75, 3.05) is 13.6 Å². The molecule has 2 rings (SSSR count). The molecule has 1 atom stereocenters. The van der Waals surface area contributed by atoms with Gasteiger partial charge in [-0.2, -0.15) is 0 Å². The van der Waals surface area contributed by atoms with Gasteiger partial charge in [-0.15, -0.1) is 0 Å². The Kier molecular flexibility index (Phi) is 3.85. The second kappa shape index (κ2) is 5.19. The van der Waals surface area contributed by atoms with Crippen LogP contribution in [0.15, 0.2) is 24.3 Å². The van der Waals surface area contributed by atoms with Crippen molar-refractivity contribution >= 4 is 0 Å². The van der Waals surface area contributed by atoms with Crippen LogP contribution in [0, 0.1) is 0 Å². The van der Waals surface area contributed by atoms with Crippen LogP contribution in [0.25, 0.3) is 0 Å². The average molecular weight is 233 g/mol. The molecule has 17 heavy (non-hydrogen) atoms. The van der Waals surface area contributed by atoms with E-state index in [1.165, 1.54) is 24.8 Å². The molecule has 2 heteroatoms. The molecule has 0 amide bonds. The Balaban J connectivity index is 2.13. The molecule has 1 aromatic rings. The van der Waals surface area contributed by atoms with Crippen LogP contribution < -0.4 is 5.32 Å². The molecule has 0 saturated heterocycles. The van der Waals surface area contributed by atoms with Crippen molar-refractivity contribution in [1.82, 2.24) is 5.32 Å². The van der Waals surface area contributed by atoms with Gasteiger partial charge in [0.25, 0.3) is 0 Å². The molecule has 0 spiro atoms. The van der Waals surface area contributed by atoms with E-state index in [0.29, 0.717) is 0 Å². The van der Waals surface area contributed by atoms with Crippen molar-refractivity contribution in [3.8, 4) is 0 Å². The van der Waals surface area contributed by atoms with Gasteiger partial charge in [0.1, 0.15) is 0 Å². The van der Waals surface area contributed by atoms with Gasteiger partial charge in [0, 0.05) is 0 Å². The van der Waals surface area contributed by atoms with Gasteiger partial charge in [0.15, 0.2) is 0 Å². The fourth-order valence-corrected chi connectivity index (χ4v) is 2.38. The van der Waals surface area contributed by atoms with Crippen LogP contribution >= 0.6 is 0 Å². The van der Waals surface area contributed by atoms with Crippen LogP contribution in [0.4, 0.5) is 0 Å². The molecule has 1 aromatic carbocycles. The van der Waals surface area contributed by atoms with E-state index >= 15 is 0 Å². The van der Waals surface area contributed by atoms with E-state index in [-0.39, 0.29) is 0 Å². The molecule has 1 aliphatic carbocycles. The fraction of sp³-hybridized carbons (Fsp3) is 0.600. The first-order chi connectivity index (χ1) is 8.13. The number of benzene rings is 1. The minimum absolute atomic E-state index is 0.719. The number of hydrogen-bond donors (Lipinski definition) is 2. The maximum atomic E-state index is 10.5. The highest BCUT2D eigenvalue weighted by atomic mass is 16.3. The van der Waals surface area contributed by atoms with E-state index in [9.17, 15) is 5.11 Å². The second-order valence-electron chi connectivity index (χ2n) is 5.38. The summed E-state index contributed by atoms with van der Waals surface area (Å²) >= 11 is 0. The maximum absolute atomic E-state index is 10.5. The van der Waals surface area contributed by atoms with Crippen molar-refractivity contribution in [2.24, 2.45) is 0 Å². The van der Waals surface area contributed by atoms with Gasteiger partial charge >= 0.3 is 0 Å². The summed E-state index contributed by atoms with van der Waals surface area (Å²) in [6.07, 6.45) is 4.72.